The topological polar surface area (TPSA) is 41.3 Å². The molecule has 0 atom stereocenters. The molecule has 1 fully saturated rings. The van der Waals surface area contributed by atoms with Gasteiger partial charge in [0.2, 0.25) is 0 Å². The molecule has 0 radical (unpaired) electrons. The second-order valence-corrected chi connectivity index (χ2v) is 3.93. The minimum absolute atomic E-state index is 0.602. The van der Waals surface area contributed by atoms with Gasteiger partial charge in [-0.1, -0.05) is 0 Å². The van der Waals surface area contributed by atoms with E-state index in [4.69, 9.17) is 4.42 Å². The third kappa shape index (κ3) is 1.37. The molecule has 2 aromatic rings. The van der Waals surface area contributed by atoms with Crippen molar-refractivity contribution in [3.05, 3.63) is 24.6 Å². The predicted octanol–water partition coefficient (Wildman–Crippen LogP) is 1.24. The predicted molar refractivity (Wildman–Crippen MR) is 59.1 cm³/mol. The van der Waals surface area contributed by atoms with Crippen molar-refractivity contribution < 1.29 is 4.42 Å². The maximum absolute atomic E-state index is 5.29. The van der Waals surface area contributed by atoms with Gasteiger partial charge in [-0.25, -0.2) is 4.98 Å². The van der Waals surface area contributed by atoms with Crippen LogP contribution < -0.4 is 10.2 Å². The SMILES string of the molecule is CN(c1ccc2ncoc2c1)C1CNC1. The number of hydrogen-bond donors (Lipinski definition) is 1. The minimum Gasteiger partial charge on any atom is -0.443 e. The van der Waals surface area contributed by atoms with Crippen molar-refractivity contribution >= 4 is 16.8 Å². The van der Waals surface area contributed by atoms with Gasteiger partial charge in [0.1, 0.15) is 5.52 Å². The van der Waals surface area contributed by atoms with Crippen molar-refractivity contribution in [1.29, 1.82) is 0 Å². The van der Waals surface area contributed by atoms with Crippen LogP contribution in [-0.4, -0.2) is 31.2 Å². The average molecular weight is 203 g/mol. The molecule has 4 heteroatoms. The van der Waals surface area contributed by atoms with E-state index in [1.165, 1.54) is 12.1 Å². The van der Waals surface area contributed by atoms with Crippen molar-refractivity contribution in [3.63, 3.8) is 0 Å². The summed E-state index contributed by atoms with van der Waals surface area (Å²) in [5.41, 5.74) is 2.95. The average Bonchev–Trinajstić information content (AvgIpc) is 2.61. The molecular weight excluding hydrogens is 190 g/mol. The molecule has 0 bridgehead atoms. The first-order valence-corrected chi connectivity index (χ1v) is 5.11. The Morgan fingerprint density at radius 1 is 1.47 bits per heavy atom. The maximum atomic E-state index is 5.29. The second-order valence-electron chi connectivity index (χ2n) is 3.93. The first kappa shape index (κ1) is 8.73. The Bertz CT molecular complexity index is 475. The molecule has 1 aliphatic heterocycles. The van der Waals surface area contributed by atoms with Crippen LogP contribution in [0.15, 0.2) is 29.0 Å². The van der Waals surface area contributed by atoms with Gasteiger partial charge in [0.25, 0.3) is 0 Å². The number of benzene rings is 1. The maximum Gasteiger partial charge on any atom is 0.181 e. The molecule has 3 rings (SSSR count). The quantitative estimate of drug-likeness (QED) is 0.797. The first-order valence-electron chi connectivity index (χ1n) is 5.11. The molecule has 1 saturated heterocycles. The number of nitrogens with one attached hydrogen (secondary N) is 1. The van der Waals surface area contributed by atoms with Crippen molar-refractivity contribution in [2.75, 3.05) is 25.0 Å². The number of aromatic nitrogens is 1. The van der Waals surface area contributed by atoms with Crippen LogP contribution in [0.2, 0.25) is 0 Å². The zero-order valence-corrected chi connectivity index (χ0v) is 8.60. The summed E-state index contributed by atoms with van der Waals surface area (Å²) in [4.78, 5) is 6.38. The zero-order chi connectivity index (χ0) is 10.3. The number of oxazole rings is 1. The fourth-order valence-electron chi connectivity index (χ4n) is 1.82. The monoisotopic (exact) mass is 203 g/mol. The third-order valence-electron chi connectivity index (χ3n) is 3.03. The molecule has 0 unspecified atom stereocenters. The molecule has 0 aliphatic carbocycles. The highest BCUT2D eigenvalue weighted by atomic mass is 16.3. The van der Waals surface area contributed by atoms with Gasteiger partial charge in [-0.05, 0) is 12.1 Å². The van der Waals surface area contributed by atoms with Gasteiger partial charge in [-0.2, -0.15) is 0 Å². The lowest BCUT2D eigenvalue weighted by Crippen LogP contribution is -2.56. The summed E-state index contributed by atoms with van der Waals surface area (Å²) in [6, 6.07) is 6.73. The highest BCUT2D eigenvalue weighted by molar-refractivity contribution is 5.77. The van der Waals surface area contributed by atoms with Crippen LogP contribution in [0.4, 0.5) is 5.69 Å². The van der Waals surface area contributed by atoms with E-state index in [1.54, 1.807) is 0 Å². The van der Waals surface area contributed by atoms with Crippen molar-refractivity contribution in [3.8, 4) is 0 Å². The Morgan fingerprint density at radius 3 is 3.07 bits per heavy atom. The summed E-state index contributed by atoms with van der Waals surface area (Å²) in [5, 5.41) is 3.27. The van der Waals surface area contributed by atoms with Gasteiger partial charge >= 0.3 is 0 Å². The molecule has 2 heterocycles. The smallest absolute Gasteiger partial charge is 0.181 e. The molecule has 15 heavy (non-hydrogen) atoms. The Kier molecular flexibility index (Phi) is 1.89. The summed E-state index contributed by atoms with van der Waals surface area (Å²) in [5.74, 6) is 0. The second kappa shape index (κ2) is 3.24. The van der Waals surface area contributed by atoms with Crippen LogP contribution in [-0.2, 0) is 0 Å². The van der Waals surface area contributed by atoms with Crippen LogP contribution in [0.1, 0.15) is 0 Å². The zero-order valence-electron chi connectivity index (χ0n) is 8.60. The van der Waals surface area contributed by atoms with Crippen LogP contribution in [0.25, 0.3) is 11.1 Å². The molecule has 1 aliphatic rings. The van der Waals surface area contributed by atoms with E-state index in [1.807, 2.05) is 12.1 Å². The summed E-state index contributed by atoms with van der Waals surface area (Å²) < 4.78 is 5.29. The normalized spacial score (nSPS) is 16.6. The summed E-state index contributed by atoms with van der Waals surface area (Å²) in [7, 11) is 2.11. The summed E-state index contributed by atoms with van der Waals surface area (Å²) in [6.07, 6.45) is 1.49. The van der Waals surface area contributed by atoms with Gasteiger partial charge in [-0.3, -0.25) is 0 Å². The Hall–Kier alpha value is -1.55. The van der Waals surface area contributed by atoms with Gasteiger partial charge in [-0.15, -0.1) is 0 Å². The van der Waals surface area contributed by atoms with Gasteiger partial charge in [0, 0.05) is 31.9 Å². The fourth-order valence-corrected chi connectivity index (χ4v) is 1.82. The molecule has 78 valence electrons. The van der Waals surface area contributed by atoms with Crippen LogP contribution >= 0.6 is 0 Å². The highest BCUT2D eigenvalue weighted by Gasteiger charge is 2.21. The lowest BCUT2D eigenvalue weighted by atomic mass is 10.1. The molecular formula is C11H13N3O. The first-order chi connectivity index (χ1) is 7.34. The van der Waals surface area contributed by atoms with E-state index < -0.39 is 0 Å². The number of nitrogens with zero attached hydrogens (tertiary/aromatic N) is 2. The van der Waals surface area contributed by atoms with Crippen molar-refractivity contribution in [1.82, 2.24) is 10.3 Å². The van der Waals surface area contributed by atoms with E-state index >= 15 is 0 Å². The summed E-state index contributed by atoms with van der Waals surface area (Å²) >= 11 is 0. The Morgan fingerprint density at radius 2 is 2.33 bits per heavy atom. The number of fused-ring (bicyclic) bond motifs is 1. The van der Waals surface area contributed by atoms with E-state index in [-0.39, 0.29) is 0 Å². The van der Waals surface area contributed by atoms with E-state index in [9.17, 15) is 0 Å². The van der Waals surface area contributed by atoms with Crippen LogP contribution in [0, 0.1) is 0 Å². The standard InChI is InChI=1S/C11H13N3O/c1-14(9-5-12-6-9)8-2-3-10-11(4-8)15-7-13-10/h2-4,7,9,12H,5-6H2,1H3. The van der Waals surface area contributed by atoms with E-state index in [0.717, 1.165) is 24.2 Å². The van der Waals surface area contributed by atoms with Crippen molar-refractivity contribution in [2.24, 2.45) is 0 Å². The molecule has 1 aromatic carbocycles. The molecule has 1 aromatic heterocycles. The molecule has 1 N–H and O–H groups in total. The van der Waals surface area contributed by atoms with Crippen molar-refractivity contribution in [2.45, 2.75) is 6.04 Å². The lowest BCUT2D eigenvalue weighted by molar-refractivity contribution is 0.428. The number of anilines is 1. The largest absolute Gasteiger partial charge is 0.443 e. The molecule has 0 spiro atoms. The molecule has 4 nitrogen and oxygen atoms in total. The third-order valence-corrected chi connectivity index (χ3v) is 3.03. The Labute approximate surface area is 87.9 Å². The highest BCUT2D eigenvalue weighted by Crippen LogP contribution is 2.22. The number of hydrogen-bond acceptors (Lipinski definition) is 4. The van der Waals surface area contributed by atoms with E-state index in [2.05, 4.69) is 28.3 Å². The van der Waals surface area contributed by atoms with Crippen LogP contribution in [0.5, 0.6) is 0 Å². The van der Waals surface area contributed by atoms with Gasteiger partial charge in [0.05, 0.1) is 6.04 Å². The number of rotatable bonds is 2. The summed E-state index contributed by atoms with van der Waals surface area (Å²) in [6.45, 7) is 2.12. The minimum atomic E-state index is 0.602. The Balaban J connectivity index is 1.95. The molecule has 0 saturated carbocycles. The number of likely N-dealkylation sites (N-methyl/N-ethyl adjacent to an activating group) is 1. The van der Waals surface area contributed by atoms with Gasteiger partial charge < -0.3 is 14.6 Å². The van der Waals surface area contributed by atoms with E-state index in [0.29, 0.717) is 6.04 Å². The fraction of sp³-hybridized carbons (Fsp3) is 0.364. The lowest BCUT2D eigenvalue weighted by Gasteiger charge is -2.37. The van der Waals surface area contributed by atoms with Gasteiger partial charge in [0.15, 0.2) is 12.0 Å². The van der Waals surface area contributed by atoms with Crippen LogP contribution in [0.3, 0.4) is 0 Å². The molecule has 0 amide bonds.